The number of benzene rings is 1. The van der Waals surface area contributed by atoms with Crippen LogP contribution in [-0.2, 0) is 49.5 Å². The number of nitrogens with zero attached hydrogens (tertiary/aromatic N) is 4. The zero-order valence-electron chi connectivity index (χ0n) is 48.3. The number of phenolic OH excluding ortho intramolecular Hbond substituents is 1. The summed E-state index contributed by atoms with van der Waals surface area (Å²) in [5, 5.41) is 21.2. The van der Waals surface area contributed by atoms with E-state index in [9.17, 15) is 48.3 Å². The van der Waals surface area contributed by atoms with Gasteiger partial charge >= 0.3 is 12.1 Å². The molecule has 1 saturated heterocycles. The number of hydrogen-bond acceptors (Lipinski definition) is 15. The van der Waals surface area contributed by atoms with Gasteiger partial charge in [-0.1, -0.05) is 59.9 Å². The van der Waals surface area contributed by atoms with Gasteiger partial charge in [0.2, 0.25) is 23.6 Å². The highest BCUT2D eigenvalue weighted by Crippen LogP contribution is 2.34. The van der Waals surface area contributed by atoms with Crippen molar-refractivity contribution >= 4 is 70.2 Å². The Bertz CT molecular complexity index is 2340. The summed E-state index contributed by atoms with van der Waals surface area (Å²) in [5.41, 5.74) is -0.570. The number of esters is 1. The van der Waals surface area contributed by atoms with Gasteiger partial charge in [0.1, 0.15) is 27.8 Å². The molecule has 0 aliphatic carbocycles. The minimum absolute atomic E-state index is 0.00918. The lowest BCUT2D eigenvalue weighted by atomic mass is 9.81. The maximum Gasteiger partial charge on any atom is 0.407 e. The highest BCUT2D eigenvalue weighted by atomic mass is 32.1. The Balaban J connectivity index is 1.84. The number of ether oxygens (including phenoxy) is 2. The molecule has 1 fully saturated rings. The fraction of sp³-hybridized carbons (Fsp3) is 0.684. The monoisotopic (exact) mass is 1100 g/mol. The Hall–Kier alpha value is -5.76. The number of aromatic nitrogens is 1. The number of alkyl carbamates (subject to hydrolysis) is 1. The first-order chi connectivity index (χ1) is 35.9. The maximum atomic E-state index is 14.4. The molecule has 3 rings (SSSR count). The van der Waals surface area contributed by atoms with Crippen LogP contribution in [0.2, 0.25) is 0 Å². The van der Waals surface area contributed by atoms with Crippen LogP contribution in [0.1, 0.15) is 187 Å². The molecule has 2 heterocycles. The Labute approximate surface area is 460 Å². The lowest BCUT2D eigenvalue weighted by Gasteiger charge is -2.38. The predicted octanol–water partition coefficient (Wildman–Crippen LogP) is 8.57. The first-order valence-electron chi connectivity index (χ1n) is 27.3. The molecule has 1 aromatic carbocycles. The van der Waals surface area contributed by atoms with Crippen LogP contribution >= 0.6 is 11.3 Å². The van der Waals surface area contributed by atoms with Gasteiger partial charge in [-0.05, 0) is 110 Å². The number of likely N-dealkylation sites (tertiary alicyclic amines) is 1. The highest BCUT2D eigenvalue weighted by Gasteiger charge is 2.39. The van der Waals surface area contributed by atoms with Gasteiger partial charge in [0.25, 0.3) is 5.91 Å². The third kappa shape index (κ3) is 21.2. The van der Waals surface area contributed by atoms with E-state index in [2.05, 4.69) is 20.9 Å². The van der Waals surface area contributed by atoms with Crippen molar-refractivity contribution in [1.82, 2.24) is 30.3 Å². The summed E-state index contributed by atoms with van der Waals surface area (Å²) < 4.78 is 11.2. The lowest BCUT2D eigenvalue weighted by molar-refractivity contribution is -0.150. The molecule has 430 valence electrons. The summed E-state index contributed by atoms with van der Waals surface area (Å²) in [6, 6.07) is 3.58. The van der Waals surface area contributed by atoms with Crippen LogP contribution in [0.3, 0.4) is 0 Å². The van der Waals surface area contributed by atoms with E-state index < -0.39 is 65.0 Å². The molecule has 6 atom stereocenters. The highest BCUT2D eigenvalue weighted by molar-refractivity contribution is 7.09. The molecule has 0 bridgehead atoms. The minimum atomic E-state index is -0.927. The quantitative estimate of drug-likeness (QED) is 0.0232. The molecule has 77 heavy (non-hydrogen) atoms. The maximum absolute atomic E-state index is 14.4. The normalized spacial score (nSPS) is 15.4. The first-order valence-corrected chi connectivity index (χ1v) is 28.2. The molecule has 1 aliphatic heterocycles. The van der Waals surface area contributed by atoms with E-state index in [1.54, 1.807) is 50.2 Å². The largest absolute Gasteiger partial charge is 0.506 e. The van der Waals surface area contributed by atoms with E-state index in [-0.39, 0.29) is 116 Å². The average molecular weight is 1100 g/mol. The molecule has 0 saturated carbocycles. The van der Waals surface area contributed by atoms with Gasteiger partial charge in [-0.2, -0.15) is 0 Å². The number of thiazole rings is 1. The summed E-state index contributed by atoms with van der Waals surface area (Å²) >= 11 is 1.13. The van der Waals surface area contributed by atoms with Crippen LogP contribution in [0.5, 0.6) is 5.75 Å². The van der Waals surface area contributed by atoms with Crippen LogP contribution in [0, 0.1) is 23.7 Å². The zero-order chi connectivity index (χ0) is 57.9. The number of carbonyl (C=O) groups excluding carboxylic acids is 9. The van der Waals surface area contributed by atoms with Gasteiger partial charge in [0, 0.05) is 94.9 Å². The van der Waals surface area contributed by atoms with Gasteiger partial charge in [0.15, 0.2) is 11.9 Å². The molecule has 19 nitrogen and oxygen atoms in total. The minimum Gasteiger partial charge on any atom is -0.506 e. The lowest BCUT2D eigenvalue weighted by Crippen LogP contribution is -2.50. The number of aromatic hydroxyl groups is 1. The SMILES string of the molecule is CC[C@H](C)[C@H](CC(=O)C(C)(C)N(C)C)C(=O)N(C)[C@H](C[C@@H](OC(C)=O)c1nc(C(=O)N[C@@H](Cc2ccc(O)c(NC(=O)CCCN3C(=O)CCC3=O)c2)CC(C)C(=O)CCCCCCNC(=O)OC(C)(C)C)cs1)C(C)C. The molecule has 2 aromatic rings. The van der Waals surface area contributed by atoms with Gasteiger partial charge in [0.05, 0.1) is 11.2 Å². The number of Topliss-reactive ketones (excluding diaryl/α,β-unsaturated/α-hetero) is 2. The summed E-state index contributed by atoms with van der Waals surface area (Å²) in [6.45, 7) is 20.6. The van der Waals surface area contributed by atoms with E-state index in [1.807, 2.05) is 67.5 Å². The molecule has 1 unspecified atom stereocenters. The molecule has 0 radical (unpaired) electrons. The number of likely N-dealkylation sites (N-methyl/N-ethyl adjacent to an activating group) is 1. The molecular weight excluding hydrogens is 1010 g/mol. The number of unbranched alkanes of at least 4 members (excludes halogenated alkanes) is 3. The molecule has 6 amide bonds. The smallest absolute Gasteiger partial charge is 0.407 e. The fourth-order valence-corrected chi connectivity index (χ4v) is 9.93. The predicted molar refractivity (Wildman–Crippen MR) is 296 cm³/mol. The van der Waals surface area contributed by atoms with E-state index in [1.165, 1.54) is 13.0 Å². The van der Waals surface area contributed by atoms with Crippen molar-refractivity contribution in [1.29, 1.82) is 0 Å². The van der Waals surface area contributed by atoms with Crippen LogP contribution in [0.25, 0.3) is 0 Å². The topological polar surface area (TPSA) is 251 Å². The van der Waals surface area contributed by atoms with Crippen molar-refractivity contribution in [3.8, 4) is 5.75 Å². The second kappa shape index (κ2) is 30.4. The van der Waals surface area contributed by atoms with Crippen molar-refractivity contribution in [3.63, 3.8) is 0 Å². The van der Waals surface area contributed by atoms with Crippen molar-refractivity contribution < 1.29 is 57.7 Å². The number of hydrogen-bond donors (Lipinski definition) is 4. The van der Waals surface area contributed by atoms with Crippen LogP contribution in [-0.4, -0.2) is 135 Å². The molecule has 1 aromatic heterocycles. The van der Waals surface area contributed by atoms with Crippen LogP contribution in [0.4, 0.5) is 10.5 Å². The van der Waals surface area contributed by atoms with E-state index in [0.717, 1.165) is 35.5 Å². The Morgan fingerprint density at radius 2 is 1.53 bits per heavy atom. The fourth-order valence-electron chi connectivity index (χ4n) is 9.09. The van der Waals surface area contributed by atoms with Gasteiger partial charge in [-0.25, -0.2) is 9.78 Å². The van der Waals surface area contributed by atoms with Gasteiger partial charge in [-0.3, -0.25) is 48.2 Å². The molecule has 4 N–H and O–H groups in total. The molecule has 0 spiro atoms. The molecule has 20 heteroatoms. The number of nitrogens with one attached hydrogen (secondary N) is 3. The Morgan fingerprint density at radius 1 is 0.883 bits per heavy atom. The first kappa shape index (κ1) is 65.5. The Kier molecular flexibility index (Phi) is 25.9. The summed E-state index contributed by atoms with van der Waals surface area (Å²) in [6.07, 6.45) is 3.72. The van der Waals surface area contributed by atoms with E-state index in [0.29, 0.717) is 36.4 Å². The third-order valence-corrected chi connectivity index (χ3v) is 15.5. The second-order valence-electron chi connectivity index (χ2n) is 22.8. The second-order valence-corrected chi connectivity index (χ2v) is 23.6. The number of ketones is 2. The van der Waals surface area contributed by atoms with Crippen molar-refractivity contribution in [2.75, 3.05) is 39.5 Å². The van der Waals surface area contributed by atoms with E-state index in [4.69, 9.17) is 9.47 Å². The number of carbonyl (C=O) groups is 9. The summed E-state index contributed by atoms with van der Waals surface area (Å²) in [5.74, 6) is -3.76. The van der Waals surface area contributed by atoms with Crippen LogP contribution < -0.4 is 16.0 Å². The van der Waals surface area contributed by atoms with Gasteiger partial charge < -0.3 is 35.4 Å². The molecule has 1 aliphatic rings. The number of amides is 6. The van der Waals surface area contributed by atoms with Gasteiger partial charge in [-0.15, -0.1) is 11.3 Å². The molecular formula is C57H89N7O12S. The third-order valence-electron chi connectivity index (χ3n) is 14.6. The number of rotatable bonds is 32. The standard InChI is InChI=1S/C57H89N7O12S/c1-15-36(4)41(32-48(68)57(10,11)62(12)13)54(73)63(14)44(35(2)3)33-47(75-38(6)65)53-61-43(34-77-53)52(72)59-40(29-37(5)45(66)21-18-16-17-19-27-58-55(74)76-56(7,8)9)30-39-23-24-46(67)42(31-39)60-49(69)22-20-28-64-50(70)25-26-51(64)71/h23-24,31,34-37,40-41,44,47,67H,15-22,25-30,32-33H2,1-14H3,(H,58,74)(H,59,72)(H,60,69)/t36-,37?,40+,41-,44+,47+/m0/s1. The zero-order valence-corrected chi connectivity index (χ0v) is 49.1. The Morgan fingerprint density at radius 3 is 2.13 bits per heavy atom. The summed E-state index contributed by atoms with van der Waals surface area (Å²) in [4.78, 5) is 127. The number of anilines is 1. The van der Waals surface area contributed by atoms with Crippen LogP contribution in [0.15, 0.2) is 23.6 Å². The number of imide groups is 1. The average Bonchev–Trinajstić information content (AvgIpc) is 3.97. The van der Waals surface area contributed by atoms with Crippen molar-refractivity contribution in [2.45, 2.75) is 195 Å². The van der Waals surface area contributed by atoms with E-state index >= 15 is 0 Å². The van der Waals surface area contributed by atoms with Crippen molar-refractivity contribution in [2.24, 2.45) is 23.7 Å². The summed E-state index contributed by atoms with van der Waals surface area (Å²) in [7, 11) is 5.39. The van der Waals surface area contributed by atoms with Crippen molar-refractivity contribution in [3.05, 3.63) is 39.8 Å². The number of phenols is 1.